The molecule has 5 nitrogen and oxygen atoms in total. The summed E-state index contributed by atoms with van der Waals surface area (Å²) in [6, 6.07) is 9.67. The lowest BCUT2D eigenvalue weighted by Gasteiger charge is -2.36. The fourth-order valence-corrected chi connectivity index (χ4v) is 4.72. The second-order valence-corrected chi connectivity index (χ2v) is 8.45. The van der Waals surface area contributed by atoms with E-state index >= 15 is 0 Å². The lowest BCUT2D eigenvalue weighted by Crippen LogP contribution is -2.49. The van der Waals surface area contributed by atoms with Gasteiger partial charge in [0.15, 0.2) is 0 Å². The molecule has 2 aromatic heterocycles. The number of carbonyl (C=O) groups excluding carboxylic acids is 1. The van der Waals surface area contributed by atoms with Crippen molar-refractivity contribution in [2.75, 3.05) is 31.1 Å². The molecule has 1 saturated heterocycles. The molecule has 7 heteroatoms. The summed E-state index contributed by atoms with van der Waals surface area (Å²) < 4.78 is 2.41. The summed E-state index contributed by atoms with van der Waals surface area (Å²) in [4.78, 5) is 30.8. The monoisotopic (exact) mass is 401 g/mol. The number of hydrogen-bond acceptors (Lipinski definition) is 4. The first-order chi connectivity index (χ1) is 13.0. The van der Waals surface area contributed by atoms with E-state index in [9.17, 15) is 9.59 Å². The third-order valence-electron chi connectivity index (χ3n) is 5.07. The minimum atomic E-state index is -0.111. The molecular formula is C20H20ClN3O2S. The van der Waals surface area contributed by atoms with E-state index in [-0.39, 0.29) is 11.5 Å². The number of thiophene rings is 1. The fraction of sp³-hybridized carbons (Fsp3) is 0.300. The van der Waals surface area contributed by atoms with Gasteiger partial charge in [0.05, 0.1) is 10.9 Å². The molecule has 27 heavy (non-hydrogen) atoms. The number of hydrogen-bond donors (Lipinski definition) is 0. The van der Waals surface area contributed by atoms with Crippen molar-refractivity contribution in [2.24, 2.45) is 7.05 Å². The van der Waals surface area contributed by atoms with Crippen molar-refractivity contribution >= 4 is 44.6 Å². The molecule has 0 unspecified atom stereocenters. The Labute approximate surface area is 166 Å². The highest BCUT2D eigenvalue weighted by Crippen LogP contribution is 2.30. The van der Waals surface area contributed by atoms with Gasteiger partial charge in [0.25, 0.3) is 11.5 Å². The molecule has 0 atom stereocenters. The molecule has 3 aromatic rings. The first-order valence-electron chi connectivity index (χ1n) is 8.84. The van der Waals surface area contributed by atoms with Crippen LogP contribution in [0.5, 0.6) is 0 Å². The summed E-state index contributed by atoms with van der Waals surface area (Å²) in [6.07, 6.45) is 1.75. The Kier molecular flexibility index (Phi) is 4.70. The number of fused-ring (bicyclic) bond motifs is 1. The zero-order valence-corrected chi connectivity index (χ0v) is 16.8. The molecule has 0 N–H and O–H groups in total. The minimum absolute atomic E-state index is 0.0437. The minimum Gasteiger partial charge on any atom is -0.368 e. The number of pyridine rings is 1. The van der Waals surface area contributed by atoms with Gasteiger partial charge in [-0.3, -0.25) is 9.59 Å². The molecule has 1 aliphatic rings. The van der Waals surface area contributed by atoms with Crippen molar-refractivity contribution in [2.45, 2.75) is 6.92 Å². The molecular weight excluding hydrogens is 382 g/mol. The number of aromatic nitrogens is 1. The Balaban J connectivity index is 1.57. The van der Waals surface area contributed by atoms with Crippen LogP contribution in [-0.4, -0.2) is 41.6 Å². The Morgan fingerprint density at radius 3 is 2.41 bits per heavy atom. The van der Waals surface area contributed by atoms with E-state index in [2.05, 4.69) is 4.90 Å². The third-order valence-corrected chi connectivity index (χ3v) is 6.39. The van der Waals surface area contributed by atoms with Crippen molar-refractivity contribution < 1.29 is 4.79 Å². The van der Waals surface area contributed by atoms with Crippen LogP contribution < -0.4 is 10.5 Å². The summed E-state index contributed by atoms with van der Waals surface area (Å²) in [5.74, 6) is -0.0437. The Bertz CT molecular complexity index is 1060. The van der Waals surface area contributed by atoms with Gasteiger partial charge in [-0.1, -0.05) is 11.6 Å². The van der Waals surface area contributed by atoms with Gasteiger partial charge in [0.1, 0.15) is 0 Å². The van der Waals surface area contributed by atoms with Crippen LogP contribution in [-0.2, 0) is 7.05 Å². The maximum absolute atomic E-state index is 13.2. The Morgan fingerprint density at radius 1 is 1.07 bits per heavy atom. The average molecular weight is 402 g/mol. The molecule has 0 saturated carbocycles. The number of aryl methyl sites for hydroxylation is 2. The normalized spacial score (nSPS) is 14.8. The van der Waals surface area contributed by atoms with E-state index in [0.29, 0.717) is 29.1 Å². The summed E-state index contributed by atoms with van der Waals surface area (Å²) >= 11 is 7.47. The van der Waals surface area contributed by atoms with Gasteiger partial charge >= 0.3 is 0 Å². The number of amides is 1. The number of anilines is 1. The zero-order valence-electron chi connectivity index (χ0n) is 15.2. The predicted molar refractivity (Wildman–Crippen MR) is 111 cm³/mol. The van der Waals surface area contributed by atoms with Crippen LogP contribution in [0.4, 0.5) is 5.69 Å². The SMILES string of the molecule is Cc1sc2ccn(C)c(=O)c2c1C(=O)N1CCN(c2ccc(Cl)cc2)CC1. The number of rotatable bonds is 2. The van der Waals surface area contributed by atoms with Crippen molar-refractivity contribution in [3.8, 4) is 0 Å². The predicted octanol–water partition coefficient (Wildman–Crippen LogP) is 3.52. The molecule has 0 bridgehead atoms. The van der Waals surface area contributed by atoms with Crippen LogP contribution in [0.1, 0.15) is 15.2 Å². The molecule has 3 heterocycles. The summed E-state index contributed by atoms with van der Waals surface area (Å²) in [5, 5.41) is 1.27. The van der Waals surface area contributed by atoms with Gasteiger partial charge in [-0.05, 0) is 37.3 Å². The van der Waals surface area contributed by atoms with Gasteiger partial charge in [0, 0.05) is 59.7 Å². The maximum atomic E-state index is 13.2. The molecule has 4 rings (SSSR count). The quantitative estimate of drug-likeness (QED) is 0.660. The maximum Gasteiger partial charge on any atom is 0.259 e. The van der Waals surface area contributed by atoms with Gasteiger partial charge in [0.2, 0.25) is 0 Å². The van der Waals surface area contributed by atoms with Crippen LogP contribution in [0.2, 0.25) is 5.02 Å². The first kappa shape index (κ1) is 18.1. The second kappa shape index (κ2) is 7.02. The van der Waals surface area contributed by atoms with Crippen molar-refractivity contribution in [1.29, 1.82) is 0 Å². The van der Waals surface area contributed by atoms with Crippen LogP contribution in [0.25, 0.3) is 10.1 Å². The highest BCUT2D eigenvalue weighted by atomic mass is 35.5. The number of carbonyl (C=O) groups is 1. The number of nitrogens with zero attached hydrogens (tertiary/aromatic N) is 3. The zero-order chi connectivity index (χ0) is 19.1. The van der Waals surface area contributed by atoms with Crippen molar-refractivity contribution in [3.63, 3.8) is 0 Å². The Hall–Kier alpha value is -2.31. The van der Waals surface area contributed by atoms with Crippen molar-refractivity contribution in [1.82, 2.24) is 9.47 Å². The van der Waals surface area contributed by atoms with Crippen LogP contribution in [0.15, 0.2) is 41.3 Å². The van der Waals surface area contributed by atoms with Crippen LogP contribution in [0.3, 0.4) is 0 Å². The number of benzene rings is 1. The van der Waals surface area contributed by atoms with E-state index < -0.39 is 0 Å². The van der Waals surface area contributed by atoms with Gasteiger partial charge in [-0.2, -0.15) is 0 Å². The van der Waals surface area contributed by atoms with E-state index in [1.54, 1.807) is 13.2 Å². The third kappa shape index (κ3) is 3.24. The van der Waals surface area contributed by atoms with Gasteiger partial charge < -0.3 is 14.4 Å². The highest BCUT2D eigenvalue weighted by Gasteiger charge is 2.27. The molecule has 1 aromatic carbocycles. The molecule has 0 radical (unpaired) electrons. The number of halogens is 1. The van der Waals surface area contributed by atoms with Crippen molar-refractivity contribution in [3.05, 3.63) is 62.3 Å². The molecule has 1 fully saturated rings. The largest absolute Gasteiger partial charge is 0.368 e. The molecule has 140 valence electrons. The van der Waals surface area contributed by atoms with Gasteiger partial charge in [-0.25, -0.2) is 0 Å². The highest BCUT2D eigenvalue weighted by molar-refractivity contribution is 7.19. The molecule has 1 amide bonds. The average Bonchev–Trinajstić information content (AvgIpc) is 3.02. The lowest BCUT2D eigenvalue weighted by atomic mass is 10.1. The molecule has 1 aliphatic heterocycles. The Morgan fingerprint density at radius 2 is 1.74 bits per heavy atom. The van der Waals surface area contributed by atoms with Crippen LogP contribution >= 0.6 is 22.9 Å². The van der Waals surface area contributed by atoms with Gasteiger partial charge in [-0.15, -0.1) is 11.3 Å². The fourth-order valence-electron chi connectivity index (χ4n) is 3.55. The van der Waals surface area contributed by atoms with E-state index in [1.807, 2.05) is 42.2 Å². The van der Waals surface area contributed by atoms with E-state index in [0.717, 1.165) is 28.4 Å². The summed E-state index contributed by atoms with van der Waals surface area (Å²) in [6.45, 7) is 4.69. The molecule has 0 spiro atoms. The summed E-state index contributed by atoms with van der Waals surface area (Å²) in [5.41, 5.74) is 1.56. The lowest BCUT2D eigenvalue weighted by molar-refractivity contribution is 0.0748. The topological polar surface area (TPSA) is 45.6 Å². The second-order valence-electron chi connectivity index (χ2n) is 6.76. The number of piperazine rings is 1. The van der Waals surface area contributed by atoms with Crippen LogP contribution in [0, 0.1) is 6.92 Å². The smallest absolute Gasteiger partial charge is 0.259 e. The first-order valence-corrected chi connectivity index (χ1v) is 10.0. The van der Waals surface area contributed by atoms with E-state index in [1.165, 1.54) is 15.9 Å². The van der Waals surface area contributed by atoms with E-state index in [4.69, 9.17) is 11.6 Å². The summed E-state index contributed by atoms with van der Waals surface area (Å²) in [7, 11) is 1.72. The standard InChI is InChI=1S/C20H20ClN3O2S/c1-13-17(18-16(27-13)7-8-22(2)19(18)25)20(26)24-11-9-23(10-12-24)15-5-3-14(21)4-6-15/h3-8H,9-12H2,1-2H3. The molecule has 0 aliphatic carbocycles.